The van der Waals surface area contributed by atoms with E-state index in [1.54, 1.807) is 12.3 Å². The van der Waals surface area contributed by atoms with Gasteiger partial charge in [0, 0.05) is 34.4 Å². The van der Waals surface area contributed by atoms with Crippen LogP contribution in [0, 0.1) is 0 Å². The molecule has 1 aliphatic rings. The van der Waals surface area contributed by atoms with Crippen molar-refractivity contribution < 1.29 is 4.79 Å². The number of rotatable bonds is 2. The highest BCUT2D eigenvalue weighted by Gasteiger charge is 2.20. The highest BCUT2D eigenvalue weighted by molar-refractivity contribution is 6.15. The molecule has 1 amide bonds. The summed E-state index contributed by atoms with van der Waals surface area (Å²) in [6.07, 6.45) is 1.68. The molecule has 6 heteroatoms. The van der Waals surface area contributed by atoms with E-state index in [4.69, 9.17) is 5.73 Å². The van der Waals surface area contributed by atoms with E-state index in [-0.39, 0.29) is 5.91 Å². The number of carbonyl (C=O) groups excluding carboxylic acids is 1. The monoisotopic (exact) mass is 257 g/mol. The molecular weight excluding hydrogens is 242 g/mol. The molecule has 98 valence electrons. The van der Waals surface area contributed by atoms with Crippen LogP contribution < -0.4 is 11.2 Å². The van der Waals surface area contributed by atoms with Crippen molar-refractivity contribution >= 4 is 28.7 Å². The molecule has 0 unspecified atom stereocenters. The molecule has 0 saturated carbocycles. The molecule has 0 atom stereocenters. The Kier molecular flexibility index (Phi) is 2.53. The summed E-state index contributed by atoms with van der Waals surface area (Å²) in [5, 5.41) is 4.84. The molecule has 19 heavy (non-hydrogen) atoms. The summed E-state index contributed by atoms with van der Waals surface area (Å²) in [5.74, 6) is -0.234. The molecule has 1 aliphatic heterocycles. The first kappa shape index (κ1) is 11.7. The number of anilines is 1. The van der Waals surface area contributed by atoms with Crippen LogP contribution in [0.5, 0.6) is 0 Å². The SMILES string of the molecule is CN(C)Cc1[nH]c2cc(N)cc3c2c1C=NNC3=O. The first-order chi connectivity index (χ1) is 9.06. The summed E-state index contributed by atoms with van der Waals surface area (Å²) in [7, 11) is 3.98. The first-order valence-electron chi connectivity index (χ1n) is 5.98. The predicted octanol–water partition coefficient (Wildman–Crippen LogP) is 0.889. The number of nitrogen functional groups attached to an aromatic ring is 1. The van der Waals surface area contributed by atoms with Gasteiger partial charge in [-0.3, -0.25) is 4.79 Å². The highest BCUT2D eigenvalue weighted by atomic mass is 16.2. The Morgan fingerprint density at radius 1 is 1.37 bits per heavy atom. The Hall–Kier alpha value is -2.34. The lowest BCUT2D eigenvalue weighted by molar-refractivity contribution is 0.0957. The van der Waals surface area contributed by atoms with Gasteiger partial charge < -0.3 is 15.6 Å². The van der Waals surface area contributed by atoms with Gasteiger partial charge in [0.05, 0.1) is 11.8 Å². The quantitative estimate of drug-likeness (QED) is 0.698. The van der Waals surface area contributed by atoms with Crippen molar-refractivity contribution in [1.82, 2.24) is 15.3 Å². The van der Waals surface area contributed by atoms with Gasteiger partial charge in [0.1, 0.15) is 0 Å². The van der Waals surface area contributed by atoms with Crippen LogP contribution in [0.3, 0.4) is 0 Å². The van der Waals surface area contributed by atoms with Crippen molar-refractivity contribution in [2.24, 2.45) is 5.10 Å². The van der Waals surface area contributed by atoms with Crippen LogP contribution in [0.4, 0.5) is 5.69 Å². The van der Waals surface area contributed by atoms with Crippen molar-refractivity contribution in [1.29, 1.82) is 0 Å². The molecule has 0 spiro atoms. The summed E-state index contributed by atoms with van der Waals surface area (Å²) in [5.41, 5.74) is 12.3. The fraction of sp³-hybridized carbons (Fsp3) is 0.231. The average molecular weight is 257 g/mol. The fourth-order valence-corrected chi connectivity index (χ4v) is 2.41. The largest absolute Gasteiger partial charge is 0.399 e. The third kappa shape index (κ3) is 1.86. The summed E-state index contributed by atoms with van der Waals surface area (Å²) in [6.45, 7) is 0.740. The van der Waals surface area contributed by atoms with E-state index in [1.165, 1.54) is 0 Å². The highest BCUT2D eigenvalue weighted by Crippen LogP contribution is 2.29. The number of nitrogens with one attached hydrogen (secondary N) is 2. The van der Waals surface area contributed by atoms with Gasteiger partial charge in [-0.1, -0.05) is 0 Å². The zero-order chi connectivity index (χ0) is 13.6. The van der Waals surface area contributed by atoms with Gasteiger partial charge in [-0.15, -0.1) is 0 Å². The lowest BCUT2D eigenvalue weighted by atomic mass is 10.0. The van der Waals surface area contributed by atoms with E-state index in [2.05, 4.69) is 20.4 Å². The fourth-order valence-electron chi connectivity index (χ4n) is 2.41. The van der Waals surface area contributed by atoms with Gasteiger partial charge in [-0.25, -0.2) is 5.43 Å². The molecular formula is C13H15N5O. The number of aromatic nitrogens is 1. The summed E-state index contributed by atoms with van der Waals surface area (Å²) in [6, 6.07) is 3.52. The Labute approximate surface area is 110 Å². The summed E-state index contributed by atoms with van der Waals surface area (Å²) < 4.78 is 0. The first-order valence-corrected chi connectivity index (χ1v) is 5.98. The van der Waals surface area contributed by atoms with Crippen molar-refractivity contribution in [2.75, 3.05) is 19.8 Å². The number of hydrazone groups is 1. The third-order valence-corrected chi connectivity index (χ3v) is 3.12. The van der Waals surface area contributed by atoms with Crippen LogP contribution in [-0.2, 0) is 6.54 Å². The third-order valence-electron chi connectivity index (χ3n) is 3.12. The second-order valence-electron chi connectivity index (χ2n) is 4.95. The van der Waals surface area contributed by atoms with E-state index in [0.717, 1.165) is 28.7 Å². The van der Waals surface area contributed by atoms with E-state index < -0.39 is 0 Å². The van der Waals surface area contributed by atoms with Gasteiger partial charge >= 0.3 is 0 Å². The molecule has 0 fully saturated rings. The molecule has 6 nitrogen and oxygen atoms in total. The Balaban J connectivity index is 2.34. The lowest BCUT2D eigenvalue weighted by Crippen LogP contribution is -2.16. The van der Waals surface area contributed by atoms with Gasteiger partial charge in [-0.05, 0) is 26.2 Å². The number of H-pyrrole nitrogens is 1. The van der Waals surface area contributed by atoms with Gasteiger partial charge in [0.2, 0.25) is 0 Å². The number of hydrogen-bond acceptors (Lipinski definition) is 4. The molecule has 0 saturated heterocycles. The minimum Gasteiger partial charge on any atom is -0.399 e. The van der Waals surface area contributed by atoms with Gasteiger partial charge in [-0.2, -0.15) is 5.10 Å². The van der Waals surface area contributed by atoms with E-state index >= 15 is 0 Å². The average Bonchev–Trinajstić information content (AvgIpc) is 2.54. The zero-order valence-corrected chi connectivity index (χ0v) is 10.8. The standard InChI is InChI=1S/C13H15N5O/c1-18(2)6-11-9-5-15-17-13(19)8-3-7(14)4-10(16-11)12(8)9/h3-5,16H,6,14H2,1-2H3,(H,17,19). The topological polar surface area (TPSA) is 86.5 Å². The van der Waals surface area contributed by atoms with Crippen LogP contribution in [0.2, 0.25) is 0 Å². The second kappa shape index (κ2) is 4.10. The van der Waals surface area contributed by atoms with E-state index in [0.29, 0.717) is 11.3 Å². The number of benzene rings is 1. The Morgan fingerprint density at radius 3 is 2.89 bits per heavy atom. The van der Waals surface area contributed by atoms with Crippen molar-refractivity contribution in [2.45, 2.75) is 6.54 Å². The van der Waals surface area contributed by atoms with E-state index in [9.17, 15) is 4.79 Å². The second-order valence-corrected chi connectivity index (χ2v) is 4.95. The Bertz CT molecular complexity index is 699. The molecule has 0 aliphatic carbocycles. The number of hydrogen-bond donors (Lipinski definition) is 3. The zero-order valence-electron chi connectivity index (χ0n) is 10.8. The Morgan fingerprint density at radius 2 is 2.16 bits per heavy atom. The van der Waals surface area contributed by atoms with Gasteiger partial charge in [0.25, 0.3) is 5.91 Å². The number of nitrogens with two attached hydrogens (primary N) is 1. The van der Waals surface area contributed by atoms with Crippen LogP contribution in [0.15, 0.2) is 17.2 Å². The smallest absolute Gasteiger partial charge is 0.272 e. The van der Waals surface area contributed by atoms with Crippen LogP contribution in [0.1, 0.15) is 21.6 Å². The maximum absolute atomic E-state index is 12.0. The molecule has 1 aromatic heterocycles. The molecule has 2 heterocycles. The van der Waals surface area contributed by atoms with Crippen LogP contribution in [0.25, 0.3) is 10.9 Å². The molecule has 0 bridgehead atoms. The normalized spacial score (nSPS) is 13.9. The molecule has 1 aromatic carbocycles. The van der Waals surface area contributed by atoms with E-state index in [1.807, 2.05) is 20.2 Å². The van der Waals surface area contributed by atoms with Crippen LogP contribution >= 0.6 is 0 Å². The summed E-state index contributed by atoms with van der Waals surface area (Å²) >= 11 is 0. The minimum atomic E-state index is -0.234. The summed E-state index contributed by atoms with van der Waals surface area (Å²) in [4.78, 5) is 17.3. The molecule has 3 rings (SSSR count). The maximum atomic E-state index is 12.0. The predicted molar refractivity (Wildman–Crippen MR) is 75.2 cm³/mol. The molecule has 2 aromatic rings. The lowest BCUT2D eigenvalue weighted by Gasteiger charge is -2.08. The number of nitrogens with zero attached hydrogens (tertiary/aromatic N) is 2. The minimum absolute atomic E-state index is 0.234. The van der Waals surface area contributed by atoms with Crippen molar-refractivity contribution in [3.05, 3.63) is 29.0 Å². The van der Waals surface area contributed by atoms with Gasteiger partial charge in [0.15, 0.2) is 0 Å². The molecule has 4 N–H and O–H groups in total. The van der Waals surface area contributed by atoms with Crippen molar-refractivity contribution in [3.8, 4) is 0 Å². The number of carbonyl (C=O) groups is 1. The molecule has 0 radical (unpaired) electrons. The maximum Gasteiger partial charge on any atom is 0.272 e. The van der Waals surface area contributed by atoms with Crippen molar-refractivity contribution in [3.63, 3.8) is 0 Å². The number of amides is 1. The van der Waals surface area contributed by atoms with Crippen LogP contribution in [-0.4, -0.2) is 36.1 Å². The number of aromatic amines is 1.